The third-order valence-corrected chi connectivity index (χ3v) is 4.11. The molecule has 0 atom stereocenters. The Morgan fingerprint density at radius 3 is 2.31 bits per heavy atom. The van der Waals surface area contributed by atoms with Crippen molar-refractivity contribution in [3.63, 3.8) is 0 Å². The Morgan fingerprint density at radius 2 is 1.72 bits per heavy atom. The number of hydrogen-bond acceptors (Lipinski definition) is 5. The van der Waals surface area contributed by atoms with Crippen LogP contribution in [0.2, 0.25) is 0 Å². The zero-order valence-electron chi connectivity index (χ0n) is 16.9. The van der Waals surface area contributed by atoms with Crippen molar-refractivity contribution in [1.29, 1.82) is 0 Å². The standard InChI is InChI=1S/C23H23N3O3/c1-15-13-18(6-7-19(15)16-9-11-24-12-10-16)26-21(27)20-8-5-17(14-25-20)22(28)29-23(2,3)4/h5-14H,1-4H3,(H,26,27). The maximum absolute atomic E-state index is 12.5. The highest BCUT2D eigenvalue weighted by Crippen LogP contribution is 2.25. The molecule has 0 bridgehead atoms. The van der Waals surface area contributed by atoms with E-state index in [1.807, 2.05) is 37.3 Å². The summed E-state index contributed by atoms with van der Waals surface area (Å²) in [4.78, 5) is 32.7. The number of hydrogen-bond donors (Lipinski definition) is 1. The summed E-state index contributed by atoms with van der Waals surface area (Å²) in [5, 5.41) is 2.83. The predicted molar refractivity (Wildman–Crippen MR) is 112 cm³/mol. The van der Waals surface area contributed by atoms with E-state index < -0.39 is 11.6 Å². The lowest BCUT2D eigenvalue weighted by Gasteiger charge is -2.19. The third kappa shape index (κ3) is 5.25. The van der Waals surface area contributed by atoms with E-state index in [-0.39, 0.29) is 11.6 Å². The molecular formula is C23H23N3O3. The smallest absolute Gasteiger partial charge is 0.340 e. The molecule has 1 amide bonds. The van der Waals surface area contributed by atoms with Crippen LogP contribution >= 0.6 is 0 Å². The zero-order valence-corrected chi connectivity index (χ0v) is 16.9. The summed E-state index contributed by atoms with van der Waals surface area (Å²) in [6.07, 6.45) is 4.84. The molecule has 6 nitrogen and oxygen atoms in total. The van der Waals surface area contributed by atoms with Crippen molar-refractivity contribution in [3.8, 4) is 11.1 Å². The molecule has 148 valence electrons. The molecule has 2 aromatic heterocycles. The van der Waals surface area contributed by atoms with Crippen LogP contribution in [0.4, 0.5) is 5.69 Å². The minimum Gasteiger partial charge on any atom is -0.456 e. The SMILES string of the molecule is Cc1cc(NC(=O)c2ccc(C(=O)OC(C)(C)C)cn2)ccc1-c1ccncc1. The second-order valence-corrected chi connectivity index (χ2v) is 7.65. The van der Waals surface area contributed by atoms with Gasteiger partial charge in [-0.05, 0) is 80.8 Å². The van der Waals surface area contributed by atoms with E-state index in [9.17, 15) is 9.59 Å². The normalized spacial score (nSPS) is 11.0. The van der Waals surface area contributed by atoms with Gasteiger partial charge in [-0.3, -0.25) is 14.8 Å². The van der Waals surface area contributed by atoms with Gasteiger partial charge in [0, 0.05) is 24.3 Å². The topological polar surface area (TPSA) is 81.2 Å². The fraction of sp³-hybridized carbons (Fsp3) is 0.217. The van der Waals surface area contributed by atoms with Crippen molar-refractivity contribution in [2.45, 2.75) is 33.3 Å². The second-order valence-electron chi connectivity index (χ2n) is 7.65. The molecule has 0 aliphatic rings. The van der Waals surface area contributed by atoms with Crippen molar-refractivity contribution in [2.75, 3.05) is 5.32 Å². The summed E-state index contributed by atoms with van der Waals surface area (Å²) < 4.78 is 5.30. The summed E-state index contributed by atoms with van der Waals surface area (Å²) >= 11 is 0. The average molecular weight is 389 g/mol. The van der Waals surface area contributed by atoms with Gasteiger partial charge in [-0.15, -0.1) is 0 Å². The monoisotopic (exact) mass is 389 g/mol. The van der Waals surface area contributed by atoms with Crippen LogP contribution in [0.25, 0.3) is 11.1 Å². The van der Waals surface area contributed by atoms with Crippen LogP contribution in [0.1, 0.15) is 47.2 Å². The minimum absolute atomic E-state index is 0.216. The van der Waals surface area contributed by atoms with Gasteiger partial charge >= 0.3 is 5.97 Å². The summed E-state index contributed by atoms with van der Waals surface area (Å²) in [6.45, 7) is 7.37. The van der Waals surface area contributed by atoms with Gasteiger partial charge in [-0.2, -0.15) is 0 Å². The third-order valence-electron chi connectivity index (χ3n) is 4.11. The van der Waals surface area contributed by atoms with Crippen molar-refractivity contribution in [3.05, 3.63) is 77.9 Å². The lowest BCUT2D eigenvalue weighted by molar-refractivity contribution is 0.00688. The molecule has 0 radical (unpaired) electrons. The molecule has 0 saturated carbocycles. The number of ether oxygens (including phenoxy) is 1. The zero-order chi connectivity index (χ0) is 21.0. The van der Waals surface area contributed by atoms with Gasteiger partial charge in [0.25, 0.3) is 5.91 Å². The molecule has 0 aliphatic carbocycles. The van der Waals surface area contributed by atoms with E-state index in [0.29, 0.717) is 11.3 Å². The molecule has 0 unspecified atom stereocenters. The van der Waals surface area contributed by atoms with Crippen LogP contribution in [-0.2, 0) is 4.74 Å². The molecule has 0 aliphatic heterocycles. The van der Waals surface area contributed by atoms with E-state index in [4.69, 9.17) is 4.74 Å². The highest BCUT2D eigenvalue weighted by molar-refractivity contribution is 6.03. The maximum atomic E-state index is 12.5. The van der Waals surface area contributed by atoms with Crippen molar-refractivity contribution < 1.29 is 14.3 Å². The minimum atomic E-state index is -0.590. The van der Waals surface area contributed by atoms with Crippen LogP contribution < -0.4 is 5.32 Å². The number of esters is 1. The number of aryl methyl sites for hydroxylation is 1. The van der Waals surface area contributed by atoms with Gasteiger partial charge in [0.05, 0.1) is 5.56 Å². The lowest BCUT2D eigenvalue weighted by Crippen LogP contribution is -2.24. The van der Waals surface area contributed by atoms with E-state index in [1.54, 1.807) is 33.2 Å². The number of nitrogens with zero attached hydrogens (tertiary/aromatic N) is 2. The molecule has 29 heavy (non-hydrogen) atoms. The quantitative estimate of drug-likeness (QED) is 0.657. The molecule has 0 spiro atoms. The number of pyridine rings is 2. The van der Waals surface area contributed by atoms with Gasteiger partial charge in [0.15, 0.2) is 0 Å². The summed E-state index contributed by atoms with van der Waals surface area (Å²) in [7, 11) is 0. The van der Waals surface area contributed by atoms with Crippen LogP contribution in [0.15, 0.2) is 61.1 Å². The summed E-state index contributed by atoms with van der Waals surface area (Å²) in [5.74, 6) is -0.823. The molecule has 6 heteroatoms. The molecule has 0 fully saturated rings. The van der Waals surface area contributed by atoms with Crippen LogP contribution in [-0.4, -0.2) is 27.4 Å². The fourth-order valence-corrected chi connectivity index (χ4v) is 2.78. The molecule has 2 heterocycles. The summed E-state index contributed by atoms with van der Waals surface area (Å²) in [5.41, 5.74) is 3.76. The van der Waals surface area contributed by atoms with Gasteiger partial charge in [0.1, 0.15) is 11.3 Å². The number of carbonyl (C=O) groups excluding carboxylic acids is 2. The number of amides is 1. The lowest BCUT2D eigenvalue weighted by atomic mass is 10.0. The number of carbonyl (C=O) groups is 2. The molecule has 3 aromatic rings. The first-order chi connectivity index (χ1) is 13.7. The first-order valence-electron chi connectivity index (χ1n) is 9.25. The Kier molecular flexibility index (Phi) is 5.73. The van der Waals surface area contributed by atoms with Crippen LogP contribution in [0.5, 0.6) is 0 Å². The molecule has 0 saturated heterocycles. The number of nitrogens with one attached hydrogen (secondary N) is 1. The first kappa shape index (κ1) is 20.2. The van der Waals surface area contributed by atoms with Gasteiger partial charge < -0.3 is 10.1 Å². The second kappa shape index (κ2) is 8.22. The molecule has 1 N–H and O–H groups in total. The number of anilines is 1. The Hall–Kier alpha value is -3.54. The fourth-order valence-electron chi connectivity index (χ4n) is 2.78. The largest absolute Gasteiger partial charge is 0.456 e. The Labute approximate surface area is 170 Å². The van der Waals surface area contributed by atoms with Crippen molar-refractivity contribution >= 4 is 17.6 Å². The van der Waals surface area contributed by atoms with E-state index in [2.05, 4.69) is 15.3 Å². The van der Waals surface area contributed by atoms with Gasteiger partial charge in [-0.25, -0.2) is 4.79 Å². The highest BCUT2D eigenvalue weighted by atomic mass is 16.6. The highest BCUT2D eigenvalue weighted by Gasteiger charge is 2.18. The van der Waals surface area contributed by atoms with E-state index in [0.717, 1.165) is 16.7 Å². The Bertz CT molecular complexity index is 1020. The Balaban J connectivity index is 1.70. The molecule has 3 rings (SSSR count). The van der Waals surface area contributed by atoms with Crippen molar-refractivity contribution in [1.82, 2.24) is 9.97 Å². The summed E-state index contributed by atoms with van der Waals surface area (Å²) in [6, 6.07) is 12.6. The predicted octanol–water partition coefficient (Wildman–Crippen LogP) is 4.66. The maximum Gasteiger partial charge on any atom is 0.340 e. The van der Waals surface area contributed by atoms with Gasteiger partial charge in [0.2, 0.25) is 0 Å². The first-order valence-corrected chi connectivity index (χ1v) is 9.25. The molecule has 1 aromatic carbocycles. The van der Waals surface area contributed by atoms with Crippen molar-refractivity contribution in [2.24, 2.45) is 0 Å². The number of rotatable bonds is 4. The molecular weight excluding hydrogens is 366 g/mol. The van der Waals surface area contributed by atoms with Crippen LogP contribution in [0.3, 0.4) is 0 Å². The van der Waals surface area contributed by atoms with Gasteiger partial charge in [-0.1, -0.05) is 6.07 Å². The number of aromatic nitrogens is 2. The number of benzene rings is 1. The average Bonchev–Trinajstić information content (AvgIpc) is 2.67. The van der Waals surface area contributed by atoms with E-state index >= 15 is 0 Å². The van der Waals surface area contributed by atoms with Crippen LogP contribution in [0, 0.1) is 6.92 Å². The van der Waals surface area contributed by atoms with E-state index in [1.165, 1.54) is 18.3 Å². The Morgan fingerprint density at radius 1 is 1.00 bits per heavy atom.